The quantitative estimate of drug-likeness (QED) is 0.880. The molecule has 0 radical (unpaired) electrons. The molecule has 1 aromatic carbocycles. The van der Waals surface area contributed by atoms with Gasteiger partial charge in [0.2, 0.25) is 11.8 Å². The lowest BCUT2D eigenvalue weighted by Crippen LogP contribution is -2.41. The smallest absolute Gasteiger partial charge is 0.239 e. The van der Waals surface area contributed by atoms with Crippen molar-refractivity contribution in [2.45, 2.75) is 40.3 Å². The second kappa shape index (κ2) is 6.92. The van der Waals surface area contributed by atoms with Crippen LogP contribution in [0.4, 0.5) is 0 Å². The number of aryl methyl sites for hydroxylation is 1. The highest BCUT2D eigenvalue weighted by molar-refractivity contribution is 5.83. The van der Waals surface area contributed by atoms with Gasteiger partial charge in [0.25, 0.3) is 0 Å². The van der Waals surface area contributed by atoms with Gasteiger partial charge in [0.1, 0.15) is 0 Å². The molecule has 0 fully saturated rings. The van der Waals surface area contributed by atoms with Crippen LogP contribution in [0.2, 0.25) is 0 Å². The van der Waals surface area contributed by atoms with Crippen molar-refractivity contribution in [3.8, 4) is 0 Å². The van der Waals surface area contributed by atoms with Gasteiger partial charge in [-0.05, 0) is 26.3 Å². The average Bonchev–Trinajstić information content (AvgIpc) is 2.29. The zero-order valence-corrected chi connectivity index (χ0v) is 12.1. The van der Waals surface area contributed by atoms with Crippen LogP contribution in [-0.4, -0.2) is 29.3 Å². The highest BCUT2D eigenvalue weighted by Gasteiger charge is 2.14. The molecule has 0 heterocycles. The largest absolute Gasteiger partial charge is 0.352 e. The van der Waals surface area contributed by atoms with E-state index in [1.807, 2.05) is 45.0 Å². The summed E-state index contributed by atoms with van der Waals surface area (Å²) in [5.41, 5.74) is 2.20. The Morgan fingerprint density at radius 1 is 1.21 bits per heavy atom. The number of amides is 2. The summed E-state index contributed by atoms with van der Waals surface area (Å²) in [5.74, 6) is -0.225. The summed E-state index contributed by atoms with van der Waals surface area (Å²) in [6.07, 6.45) is 0. The molecule has 0 atom stereocenters. The van der Waals surface area contributed by atoms with Gasteiger partial charge >= 0.3 is 0 Å². The van der Waals surface area contributed by atoms with Gasteiger partial charge in [-0.1, -0.05) is 29.8 Å². The molecule has 0 aliphatic rings. The molecule has 4 heteroatoms. The first-order chi connectivity index (χ1) is 8.88. The summed E-state index contributed by atoms with van der Waals surface area (Å²) < 4.78 is 0. The van der Waals surface area contributed by atoms with E-state index in [1.165, 1.54) is 12.5 Å². The second-order valence-corrected chi connectivity index (χ2v) is 5.08. The third kappa shape index (κ3) is 5.55. The highest BCUT2D eigenvalue weighted by atomic mass is 16.2. The van der Waals surface area contributed by atoms with Crippen molar-refractivity contribution < 1.29 is 9.59 Å². The fraction of sp³-hybridized carbons (Fsp3) is 0.467. The molecule has 0 unspecified atom stereocenters. The SMILES string of the molecule is CC(=O)N(CC(=O)NC(C)C)Cc1ccc(C)cc1. The summed E-state index contributed by atoms with van der Waals surface area (Å²) in [4.78, 5) is 24.8. The molecule has 0 spiro atoms. The number of hydrogen-bond donors (Lipinski definition) is 1. The van der Waals surface area contributed by atoms with E-state index in [0.717, 1.165) is 5.56 Å². The number of hydrogen-bond acceptors (Lipinski definition) is 2. The van der Waals surface area contributed by atoms with Crippen LogP contribution in [0.3, 0.4) is 0 Å². The zero-order chi connectivity index (χ0) is 14.4. The van der Waals surface area contributed by atoms with E-state index in [-0.39, 0.29) is 24.4 Å². The average molecular weight is 262 g/mol. The maximum atomic E-state index is 11.7. The Labute approximate surface area is 114 Å². The Morgan fingerprint density at radius 3 is 2.26 bits per heavy atom. The second-order valence-electron chi connectivity index (χ2n) is 5.08. The molecule has 0 aliphatic carbocycles. The first-order valence-corrected chi connectivity index (χ1v) is 6.49. The molecule has 4 nitrogen and oxygen atoms in total. The van der Waals surface area contributed by atoms with E-state index in [4.69, 9.17) is 0 Å². The Morgan fingerprint density at radius 2 is 1.79 bits per heavy atom. The molecule has 1 rings (SSSR count). The monoisotopic (exact) mass is 262 g/mol. The molecule has 1 N–H and O–H groups in total. The van der Waals surface area contributed by atoms with Crippen molar-refractivity contribution in [1.82, 2.24) is 10.2 Å². The topological polar surface area (TPSA) is 49.4 Å². The van der Waals surface area contributed by atoms with Gasteiger partial charge in [-0.25, -0.2) is 0 Å². The predicted molar refractivity (Wildman–Crippen MR) is 75.5 cm³/mol. The third-order valence-corrected chi connectivity index (χ3v) is 2.72. The van der Waals surface area contributed by atoms with Crippen molar-refractivity contribution in [2.24, 2.45) is 0 Å². The van der Waals surface area contributed by atoms with Crippen LogP contribution in [0.15, 0.2) is 24.3 Å². The van der Waals surface area contributed by atoms with Gasteiger partial charge < -0.3 is 10.2 Å². The number of benzene rings is 1. The van der Waals surface area contributed by atoms with Crippen molar-refractivity contribution in [1.29, 1.82) is 0 Å². The van der Waals surface area contributed by atoms with E-state index < -0.39 is 0 Å². The van der Waals surface area contributed by atoms with Crippen molar-refractivity contribution >= 4 is 11.8 Å². The zero-order valence-electron chi connectivity index (χ0n) is 12.1. The van der Waals surface area contributed by atoms with E-state index in [1.54, 1.807) is 4.90 Å². The van der Waals surface area contributed by atoms with Crippen molar-refractivity contribution in [3.63, 3.8) is 0 Å². The number of rotatable bonds is 5. The number of nitrogens with one attached hydrogen (secondary N) is 1. The summed E-state index contributed by atoms with van der Waals surface area (Å²) in [7, 11) is 0. The first-order valence-electron chi connectivity index (χ1n) is 6.49. The maximum absolute atomic E-state index is 11.7. The van der Waals surface area contributed by atoms with E-state index in [0.29, 0.717) is 6.54 Å². The lowest BCUT2D eigenvalue weighted by molar-refractivity contribution is -0.135. The van der Waals surface area contributed by atoms with Gasteiger partial charge in [-0.3, -0.25) is 9.59 Å². The van der Waals surface area contributed by atoms with E-state index in [2.05, 4.69) is 5.32 Å². The Bertz CT molecular complexity index is 438. The number of carbonyl (C=O) groups excluding carboxylic acids is 2. The van der Waals surface area contributed by atoms with Crippen LogP contribution in [0.5, 0.6) is 0 Å². The van der Waals surface area contributed by atoms with Crippen molar-refractivity contribution in [3.05, 3.63) is 35.4 Å². The Kier molecular flexibility index (Phi) is 5.55. The molecule has 0 saturated heterocycles. The molecule has 2 amide bonds. The molecular weight excluding hydrogens is 240 g/mol. The van der Waals surface area contributed by atoms with Gasteiger partial charge in [0.15, 0.2) is 0 Å². The van der Waals surface area contributed by atoms with Crippen molar-refractivity contribution in [2.75, 3.05) is 6.54 Å². The first kappa shape index (κ1) is 15.2. The molecule has 0 bridgehead atoms. The molecule has 104 valence electrons. The minimum atomic E-state index is -0.127. The standard InChI is InChI=1S/C15H22N2O2/c1-11(2)16-15(19)10-17(13(4)18)9-14-7-5-12(3)6-8-14/h5-8,11H,9-10H2,1-4H3,(H,16,19). The van der Waals surface area contributed by atoms with Gasteiger partial charge in [-0.2, -0.15) is 0 Å². The minimum Gasteiger partial charge on any atom is -0.352 e. The molecule has 0 aromatic heterocycles. The van der Waals surface area contributed by atoms with Crippen LogP contribution < -0.4 is 5.32 Å². The minimum absolute atomic E-state index is 0.0840. The highest BCUT2D eigenvalue weighted by Crippen LogP contribution is 2.07. The van der Waals surface area contributed by atoms with Gasteiger partial charge in [0.05, 0.1) is 6.54 Å². The Hall–Kier alpha value is -1.84. The third-order valence-electron chi connectivity index (χ3n) is 2.72. The van der Waals surface area contributed by atoms with Crippen LogP contribution in [0.25, 0.3) is 0 Å². The summed E-state index contributed by atoms with van der Waals surface area (Å²) in [5, 5.41) is 2.79. The predicted octanol–water partition coefficient (Wildman–Crippen LogP) is 1.87. The molecule has 0 saturated carbocycles. The van der Waals surface area contributed by atoms with Crippen LogP contribution in [-0.2, 0) is 16.1 Å². The number of nitrogens with zero attached hydrogens (tertiary/aromatic N) is 1. The van der Waals surface area contributed by atoms with E-state index >= 15 is 0 Å². The maximum Gasteiger partial charge on any atom is 0.239 e. The lowest BCUT2D eigenvalue weighted by atomic mass is 10.1. The summed E-state index contributed by atoms with van der Waals surface area (Å²) >= 11 is 0. The Balaban J connectivity index is 2.65. The van der Waals surface area contributed by atoms with E-state index in [9.17, 15) is 9.59 Å². The normalized spacial score (nSPS) is 10.4. The van der Waals surface area contributed by atoms with Crippen LogP contribution in [0, 0.1) is 6.92 Å². The molecular formula is C15H22N2O2. The molecule has 1 aromatic rings. The summed E-state index contributed by atoms with van der Waals surface area (Å²) in [6, 6.07) is 8.04. The fourth-order valence-corrected chi connectivity index (χ4v) is 1.73. The van der Waals surface area contributed by atoms with Crippen LogP contribution >= 0.6 is 0 Å². The van der Waals surface area contributed by atoms with Gasteiger partial charge in [0, 0.05) is 19.5 Å². The number of carbonyl (C=O) groups is 2. The lowest BCUT2D eigenvalue weighted by Gasteiger charge is -2.21. The van der Waals surface area contributed by atoms with Crippen LogP contribution in [0.1, 0.15) is 31.9 Å². The molecule has 19 heavy (non-hydrogen) atoms. The summed E-state index contributed by atoms with van der Waals surface area (Å²) in [6.45, 7) is 7.86. The van der Waals surface area contributed by atoms with Gasteiger partial charge in [-0.15, -0.1) is 0 Å². The fourth-order valence-electron chi connectivity index (χ4n) is 1.73. The molecule has 0 aliphatic heterocycles.